The summed E-state index contributed by atoms with van der Waals surface area (Å²) >= 11 is 0. The van der Waals surface area contributed by atoms with Gasteiger partial charge in [-0.3, -0.25) is 4.79 Å². The lowest BCUT2D eigenvalue weighted by atomic mass is 10.00. The van der Waals surface area contributed by atoms with Gasteiger partial charge in [-0.25, -0.2) is 0 Å². The van der Waals surface area contributed by atoms with E-state index in [4.69, 9.17) is 5.26 Å². The van der Waals surface area contributed by atoms with E-state index in [1.807, 2.05) is 32.0 Å². The SMILES string of the molecule is CCC(C#N)C(=O)Nc1cc(C(C)C)ccc1C. The first-order chi connectivity index (χ1) is 8.49. The van der Waals surface area contributed by atoms with E-state index >= 15 is 0 Å². The fourth-order valence-corrected chi connectivity index (χ4v) is 1.69. The van der Waals surface area contributed by atoms with E-state index in [0.717, 1.165) is 11.3 Å². The number of nitrogens with one attached hydrogen (secondary N) is 1. The number of nitrogens with zero attached hydrogens (tertiary/aromatic N) is 1. The molecule has 1 atom stereocenters. The molecule has 0 bridgehead atoms. The molecule has 0 fully saturated rings. The molecule has 96 valence electrons. The first-order valence-electron chi connectivity index (χ1n) is 6.30. The molecule has 0 aromatic heterocycles. The van der Waals surface area contributed by atoms with E-state index in [1.165, 1.54) is 5.56 Å². The molecule has 0 saturated carbocycles. The number of amides is 1. The van der Waals surface area contributed by atoms with Gasteiger partial charge in [0.05, 0.1) is 6.07 Å². The Morgan fingerprint density at radius 3 is 2.61 bits per heavy atom. The van der Waals surface area contributed by atoms with Crippen molar-refractivity contribution in [1.29, 1.82) is 5.26 Å². The smallest absolute Gasteiger partial charge is 0.241 e. The van der Waals surface area contributed by atoms with Crippen molar-refractivity contribution in [3.63, 3.8) is 0 Å². The normalized spacial score (nSPS) is 12.0. The Kier molecular flexibility index (Phi) is 4.91. The van der Waals surface area contributed by atoms with Crippen LogP contribution in [0.1, 0.15) is 44.2 Å². The summed E-state index contributed by atoms with van der Waals surface area (Å²) < 4.78 is 0. The third kappa shape index (κ3) is 3.33. The van der Waals surface area contributed by atoms with Gasteiger partial charge in [-0.1, -0.05) is 32.9 Å². The quantitative estimate of drug-likeness (QED) is 0.879. The van der Waals surface area contributed by atoms with E-state index in [1.54, 1.807) is 0 Å². The monoisotopic (exact) mass is 244 g/mol. The highest BCUT2D eigenvalue weighted by molar-refractivity contribution is 5.94. The van der Waals surface area contributed by atoms with Gasteiger partial charge < -0.3 is 5.32 Å². The minimum absolute atomic E-state index is 0.219. The zero-order valence-electron chi connectivity index (χ0n) is 11.4. The minimum Gasteiger partial charge on any atom is -0.325 e. The van der Waals surface area contributed by atoms with Gasteiger partial charge in [-0.15, -0.1) is 0 Å². The van der Waals surface area contributed by atoms with Crippen molar-refractivity contribution in [3.8, 4) is 6.07 Å². The number of hydrogen-bond donors (Lipinski definition) is 1. The molecule has 1 N–H and O–H groups in total. The average molecular weight is 244 g/mol. The van der Waals surface area contributed by atoms with Crippen LogP contribution in [0.25, 0.3) is 0 Å². The Labute approximate surface area is 109 Å². The van der Waals surface area contributed by atoms with E-state index in [9.17, 15) is 4.79 Å². The van der Waals surface area contributed by atoms with Crippen molar-refractivity contribution in [2.75, 3.05) is 5.32 Å². The number of carbonyl (C=O) groups excluding carboxylic acids is 1. The standard InChI is InChI=1S/C15H20N2O/c1-5-12(9-16)15(18)17-14-8-13(10(2)3)7-6-11(14)4/h6-8,10,12H,5H2,1-4H3,(H,17,18). The molecule has 0 spiro atoms. The van der Waals surface area contributed by atoms with Crippen LogP contribution in [0.15, 0.2) is 18.2 Å². The second kappa shape index (κ2) is 6.20. The highest BCUT2D eigenvalue weighted by Gasteiger charge is 2.16. The summed E-state index contributed by atoms with van der Waals surface area (Å²) in [5.74, 6) is -0.379. The van der Waals surface area contributed by atoms with Crippen LogP contribution in [0.5, 0.6) is 0 Å². The molecule has 0 aliphatic heterocycles. The van der Waals surface area contributed by atoms with E-state index in [2.05, 4.69) is 25.2 Å². The predicted molar refractivity (Wildman–Crippen MR) is 73.3 cm³/mol. The number of benzene rings is 1. The van der Waals surface area contributed by atoms with Gasteiger partial charge >= 0.3 is 0 Å². The first kappa shape index (κ1) is 14.2. The number of nitriles is 1. The molecule has 1 aromatic rings. The van der Waals surface area contributed by atoms with Gasteiger partial charge in [-0.05, 0) is 36.5 Å². The highest BCUT2D eigenvalue weighted by Crippen LogP contribution is 2.23. The van der Waals surface area contributed by atoms with Gasteiger partial charge in [0, 0.05) is 5.69 Å². The molecule has 1 unspecified atom stereocenters. The summed E-state index contributed by atoms with van der Waals surface area (Å²) in [5.41, 5.74) is 3.00. The lowest BCUT2D eigenvalue weighted by Crippen LogP contribution is -2.21. The van der Waals surface area contributed by atoms with Gasteiger partial charge in [0.1, 0.15) is 5.92 Å². The molecule has 0 radical (unpaired) electrons. The number of anilines is 1. The lowest BCUT2D eigenvalue weighted by Gasteiger charge is -2.13. The van der Waals surface area contributed by atoms with Crippen LogP contribution in [0.3, 0.4) is 0 Å². The molecule has 1 rings (SSSR count). The number of rotatable bonds is 4. The molecular weight excluding hydrogens is 224 g/mol. The maximum atomic E-state index is 11.9. The second-order valence-corrected chi connectivity index (χ2v) is 4.81. The molecule has 0 saturated heterocycles. The van der Waals surface area contributed by atoms with Crippen molar-refractivity contribution < 1.29 is 4.79 Å². The maximum Gasteiger partial charge on any atom is 0.241 e. The van der Waals surface area contributed by atoms with Gasteiger partial charge in [-0.2, -0.15) is 5.26 Å². The van der Waals surface area contributed by atoms with Crippen LogP contribution in [-0.2, 0) is 4.79 Å². The molecule has 1 amide bonds. The van der Waals surface area contributed by atoms with Gasteiger partial charge in [0.2, 0.25) is 5.91 Å². The number of carbonyl (C=O) groups is 1. The van der Waals surface area contributed by atoms with Crippen LogP contribution < -0.4 is 5.32 Å². The summed E-state index contributed by atoms with van der Waals surface area (Å²) in [6.45, 7) is 8.01. The zero-order chi connectivity index (χ0) is 13.7. The fourth-order valence-electron chi connectivity index (χ4n) is 1.69. The summed E-state index contributed by atoms with van der Waals surface area (Å²) in [6, 6.07) is 8.07. The second-order valence-electron chi connectivity index (χ2n) is 4.81. The average Bonchev–Trinajstić information content (AvgIpc) is 2.33. The molecule has 0 aliphatic rings. The molecule has 0 heterocycles. The Morgan fingerprint density at radius 1 is 1.44 bits per heavy atom. The Hall–Kier alpha value is -1.82. The summed E-state index contributed by atoms with van der Waals surface area (Å²) in [7, 11) is 0. The molecule has 3 heteroatoms. The minimum atomic E-state index is -0.577. The van der Waals surface area contributed by atoms with Crippen LogP contribution in [0.4, 0.5) is 5.69 Å². The van der Waals surface area contributed by atoms with Gasteiger partial charge in [0.15, 0.2) is 0 Å². The van der Waals surface area contributed by atoms with E-state index in [-0.39, 0.29) is 5.91 Å². The third-order valence-electron chi connectivity index (χ3n) is 3.07. The van der Waals surface area contributed by atoms with Gasteiger partial charge in [0.25, 0.3) is 0 Å². The van der Waals surface area contributed by atoms with E-state index < -0.39 is 5.92 Å². The Balaban J connectivity index is 2.94. The Bertz CT molecular complexity index is 472. The molecule has 0 aliphatic carbocycles. The molecule has 1 aromatic carbocycles. The lowest BCUT2D eigenvalue weighted by molar-refractivity contribution is -0.118. The zero-order valence-corrected chi connectivity index (χ0v) is 11.4. The first-order valence-corrected chi connectivity index (χ1v) is 6.30. The molecular formula is C15H20N2O. The van der Waals surface area contributed by atoms with Crippen LogP contribution in [-0.4, -0.2) is 5.91 Å². The topological polar surface area (TPSA) is 52.9 Å². The largest absolute Gasteiger partial charge is 0.325 e. The van der Waals surface area contributed by atoms with Crippen molar-refractivity contribution in [3.05, 3.63) is 29.3 Å². The predicted octanol–water partition coefficient (Wildman–Crippen LogP) is 3.61. The summed E-state index contributed by atoms with van der Waals surface area (Å²) in [4.78, 5) is 11.9. The third-order valence-corrected chi connectivity index (χ3v) is 3.07. The van der Waals surface area contributed by atoms with Crippen molar-refractivity contribution in [2.45, 2.75) is 40.0 Å². The van der Waals surface area contributed by atoms with Crippen molar-refractivity contribution in [2.24, 2.45) is 5.92 Å². The van der Waals surface area contributed by atoms with Crippen LogP contribution in [0, 0.1) is 24.2 Å². The van der Waals surface area contributed by atoms with E-state index in [0.29, 0.717) is 12.3 Å². The summed E-state index contributed by atoms with van der Waals surface area (Å²) in [5, 5.41) is 11.7. The van der Waals surface area contributed by atoms with Crippen LogP contribution >= 0.6 is 0 Å². The van der Waals surface area contributed by atoms with Crippen LogP contribution in [0.2, 0.25) is 0 Å². The summed E-state index contributed by atoms with van der Waals surface area (Å²) in [6.07, 6.45) is 0.533. The molecule has 18 heavy (non-hydrogen) atoms. The highest BCUT2D eigenvalue weighted by atomic mass is 16.1. The fraction of sp³-hybridized carbons (Fsp3) is 0.467. The number of hydrogen-bond acceptors (Lipinski definition) is 2. The Morgan fingerprint density at radius 2 is 2.11 bits per heavy atom. The maximum absolute atomic E-state index is 11.9. The van der Waals surface area contributed by atoms with Crippen molar-refractivity contribution in [1.82, 2.24) is 0 Å². The van der Waals surface area contributed by atoms with Crippen molar-refractivity contribution >= 4 is 11.6 Å². The molecule has 3 nitrogen and oxygen atoms in total. The number of aryl methyl sites for hydroxylation is 1.